The quantitative estimate of drug-likeness (QED) is 0.769. The van der Waals surface area contributed by atoms with E-state index >= 15 is 0 Å². The molecule has 3 aromatic rings. The lowest BCUT2D eigenvalue weighted by Crippen LogP contribution is -2.36. The highest BCUT2D eigenvalue weighted by Gasteiger charge is 2.33. The van der Waals surface area contributed by atoms with Gasteiger partial charge in [0.15, 0.2) is 5.82 Å². The summed E-state index contributed by atoms with van der Waals surface area (Å²) >= 11 is 0. The van der Waals surface area contributed by atoms with Gasteiger partial charge < -0.3 is 10.5 Å². The normalized spacial score (nSPS) is 19.4. The third kappa shape index (κ3) is 2.98. The zero-order valence-corrected chi connectivity index (χ0v) is 14.0. The predicted molar refractivity (Wildman–Crippen MR) is 93.5 cm³/mol. The van der Waals surface area contributed by atoms with Crippen LogP contribution in [-0.4, -0.2) is 37.4 Å². The Kier molecular flexibility index (Phi) is 4.15. The smallest absolute Gasteiger partial charge is 0.187 e. The fourth-order valence-electron chi connectivity index (χ4n) is 3.10. The first kappa shape index (κ1) is 15.7. The molecule has 25 heavy (non-hydrogen) atoms. The van der Waals surface area contributed by atoms with Gasteiger partial charge in [-0.2, -0.15) is 0 Å². The molecule has 1 aliphatic rings. The molecule has 0 unspecified atom stereocenters. The summed E-state index contributed by atoms with van der Waals surface area (Å²) in [4.78, 5) is 8.72. The maximum atomic E-state index is 5.96. The van der Waals surface area contributed by atoms with Crippen molar-refractivity contribution in [2.75, 3.05) is 6.61 Å². The molecule has 1 fully saturated rings. The number of pyridine rings is 2. The van der Waals surface area contributed by atoms with Crippen LogP contribution in [0.5, 0.6) is 5.75 Å². The zero-order valence-electron chi connectivity index (χ0n) is 14.0. The second-order valence-electron chi connectivity index (χ2n) is 6.17. The third-order valence-electron chi connectivity index (χ3n) is 4.41. The second-order valence-corrected chi connectivity index (χ2v) is 6.17. The van der Waals surface area contributed by atoms with Gasteiger partial charge in [0, 0.05) is 18.2 Å². The van der Waals surface area contributed by atoms with Crippen LogP contribution in [0.4, 0.5) is 0 Å². The minimum atomic E-state index is 0.246. The van der Waals surface area contributed by atoms with Gasteiger partial charge in [0.1, 0.15) is 17.3 Å². The lowest BCUT2D eigenvalue weighted by atomic mass is 9.80. The summed E-state index contributed by atoms with van der Waals surface area (Å²) in [7, 11) is 0. The summed E-state index contributed by atoms with van der Waals surface area (Å²) in [6.45, 7) is 2.56. The van der Waals surface area contributed by atoms with Gasteiger partial charge in [0.2, 0.25) is 0 Å². The number of nitrogens with two attached hydrogens (primary N) is 1. The van der Waals surface area contributed by atoms with Crippen LogP contribution in [0, 0.1) is 0 Å². The molecule has 1 saturated carbocycles. The number of aromatic nitrogens is 5. The summed E-state index contributed by atoms with van der Waals surface area (Å²) in [6.07, 6.45) is 7.12. The Hall–Kier alpha value is -2.80. The van der Waals surface area contributed by atoms with Crippen LogP contribution in [0.15, 0.2) is 42.9 Å². The molecule has 0 bridgehead atoms. The first-order chi connectivity index (χ1) is 12.3. The predicted octanol–water partition coefficient (Wildman–Crippen LogP) is 2.33. The fraction of sp³-hybridized carbons (Fsp3) is 0.333. The lowest BCUT2D eigenvalue weighted by Gasteiger charge is -2.31. The Bertz CT molecular complexity index is 840. The Morgan fingerprint density at radius 1 is 1.20 bits per heavy atom. The van der Waals surface area contributed by atoms with Crippen LogP contribution in [-0.2, 0) is 0 Å². The molecule has 0 amide bonds. The van der Waals surface area contributed by atoms with Crippen molar-refractivity contribution in [2.45, 2.75) is 31.7 Å². The average Bonchev–Trinajstić information content (AvgIpc) is 3.05. The van der Waals surface area contributed by atoms with Crippen molar-refractivity contribution in [3.8, 4) is 23.0 Å². The van der Waals surface area contributed by atoms with E-state index in [2.05, 4.69) is 20.2 Å². The average molecular weight is 336 g/mol. The van der Waals surface area contributed by atoms with Gasteiger partial charge in [-0.3, -0.25) is 9.55 Å². The molecule has 0 atom stereocenters. The van der Waals surface area contributed by atoms with E-state index in [4.69, 9.17) is 10.5 Å². The monoisotopic (exact) mass is 336 g/mol. The molecule has 3 heterocycles. The molecule has 4 rings (SSSR count). The van der Waals surface area contributed by atoms with Crippen LogP contribution < -0.4 is 10.5 Å². The number of hydrogen-bond donors (Lipinski definition) is 1. The molecule has 0 spiro atoms. The van der Waals surface area contributed by atoms with Gasteiger partial charge in [-0.1, -0.05) is 0 Å². The Morgan fingerprint density at radius 3 is 2.72 bits per heavy atom. The number of ether oxygens (including phenoxy) is 1. The first-order valence-electron chi connectivity index (χ1n) is 8.46. The molecule has 7 heteroatoms. The molecular formula is C18H20N6O. The molecule has 0 saturated heterocycles. The van der Waals surface area contributed by atoms with E-state index in [0.29, 0.717) is 18.3 Å². The summed E-state index contributed by atoms with van der Waals surface area (Å²) in [5.41, 5.74) is 7.63. The molecule has 1 aliphatic carbocycles. The largest absolute Gasteiger partial charge is 0.492 e. The summed E-state index contributed by atoms with van der Waals surface area (Å²) in [5.74, 6) is 2.68. The lowest BCUT2D eigenvalue weighted by molar-refractivity contribution is 0.335. The van der Waals surface area contributed by atoms with Crippen LogP contribution in [0.25, 0.3) is 17.2 Å². The SMILES string of the molecule is CCOc1ccc(-c2nnc([C@H]3C[C@H](N)C3)n2-c2cccnc2)nc1. The van der Waals surface area contributed by atoms with E-state index in [1.807, 2.05) is 42.0 Å². The van der Waals surface area contributed by atoms with Crippen molar-refractivity contribution < 1.29 is 4.74 Å². The van der Waals surface area contributed by atoms with Crippen molar-refractivity contribution >= 4 is 0 Å². The topological polar surface area (TPSA) is 91.7 Å². The third-order valence-corrected chi connectivity index (χ3v) is 4.41. The fourth-order valence-corrected chi connectivity index (χ4v) is 3.10. The Labute approximate surface area is 145 Å². The molecule has 7 nitrogen and oxygen atoms in total. The molecule has 2 N–H and O–H groups in total. The van der Waals surface area contributed by atoms with Gasteiger partial charge in [-0.05, 0) is 44.0 Å². The van der Waals surface area contributed by atoms with Crippen LogP contribution in [0.1, 0.15) is 31.5 Å². The maximum absolute atomic E-state index is 5.96. The highest BCUT2D eigenvalue weighted by Crippen LogP contribution is 2.37. The van der Waals surface area contributed by atoms with E-state index in [1.165, 1.54) is 0 Å². The molecule has 0 aliphatic heterocycles. The van der Waals surface area contributed by atoms with Crippen molar-refractivity contribution in [1.82, 2.24) is 24.7 Å². The molecular weight excluding hydrogens is 316 g/mol. The van der Waals surface area contributed by atoms with Crippen molar-refractivity contribution in [1.29, 1.82) is 0 Å². The van der Waals surface area contributed by atoms with Gasteiger partial charge >= 0.3 is 0 Å². The van der Waals surface area contributed by atoms with Crippen molar-refractivity contribution in [3.63, 3.8) is 0 Å². The van der Waals surface area contributed by atoms with Gasteiger partial charge in [-0.25, -0.2) is 4.98 Å². The van der Waals surface area contributed by atoms with Crippen LogP contribution in [0.3, 0.4) is 0 Å². The summed E-state index contributed by atoms with van der Waals surface area (Å²) < 4.78 is 7.50. The minimum Gasteiger partial charge on any atom is -0.492 e. The zero-order chi connectivity index (χ0) is 17.2. The molecule has 128 valence electrons. The van der Waals surface area contributed by atoms with E-state index in [1.54, 1.807) is 12.4 Å². The van der Waals surface area contributed by atoms with E-state index in [-0.39, 0.29) is 6.04 Å². The Morgan fingerprint density at radius 2 is 2.08 bits per heavy atom. The van der Waals surface area contributed by atoms with Gasteiger partial charge in [0.25, 0.3) is 0 Å². The van der Waals surface area contributed by atoms with Crippen molar-refractivity contribution in [2.24, 2.45) is 5.73 Å². The highest BCUT2D eigenvalue weighted by molar-refractivity contribution is 5.55. The van der Waals surface area contributed by atoms with E-state index in [0.717, 1.165) is 35.8 Å². The number of hydrogen-bond acceptors (Lipinski definition) is 6. The van der Waals surface area contributed by atoms with E-state index in [9.17, 15) is 0 Å². The van der Waals surface area contributed by atoms with Gasteiger partial charge in [0.05, 0.1) is 24.7 Å². The number of nitrogens with zero attached hydrogens (tertiary/aromatic N) is 5. The maximum Gasteiger partial charge on any atom is 0.187 e. The number of rotatable bonds is 5. The molecule has 0 aromatic carbocycles. The first-order valence-corrected chi connectivity index (χ1v) is 8.46. The molecule has 3 aromatic heterocycles. The standard InChI is InChI=1S/C18H20N6O/c1-2-25-15-5-6-16(21-11-15)18-23-22-17(12-8-13(19)9-12)24(18)14-4-3-7-20-10-14/h3-7,10-13H,2,8-9,19H2,1H3/t12-,13-. The Balaban J connectivity index is 1.77. The van der Waals surface area contributed by atoms with E-state index < -0.39 is 0 Å². The van der Waals surface area contributed by atoms with Crippen molar-refractivity contribution in [3.05, 3.63) is 48.7 Å². The summed E-state index contributed by atoms with van der Waals surface area (Å²) in [6, 6.07) is 7.94. The highest BCUT2D eigenvalue weighted by atomic mass is 16.5. The summed E-state index contributed by atoms with van der Waals surface area (Å²) in [5, 5.41) is 8.85. The van der Waals surface area contributed by atoms with Gasteiger partial charge in [-0.15, -0.1) is 10.2 Å². The second kappa shape index (κ2) is 6.60. The molecule has 0 radical (unpaired) electrons. The van der Waals surface area contributed by atoms with Crippen LogP contribution >= 0.6 is 0 Å². The van der Waals surface area contributed by atoms with Crippen LogP contribution in [0.2, 0.25) is 0 Å². The minimum absolute atomic E-state index is 0.246.